The number of phosphoric ester groups is 2. The molecule has 0 fully saturated rings. The maximum atomic E-state index is 13.1. The van der Waals surface area contributed by atoms with E-state index in [1.807, 2.05) is 0 Å². The van der Waals surface area contributed by atoms with Crippen molar-refractivity contribution in [3.63, 3.8) is 0 Å². The molecular weight excluding hydrogens is 1220 g/mol. The van der Waals surface area contributed by atoms with E-state index in [1.54, 1.807) is 0 Å². The minimum atomic E-state index is -4.95. The summed E-state index contributed by atoms with van der Waals surface area (Å²) in [5.41, 5.74) is 0. The van der Waals surface area contributed by atoms with Gasteiger partial charge in [0.2, 0.25) is 0 Å². The van der Waals surface area contributed by atoms with Crippen molar-refractivity contribution in [2.24, 2.45) is 11.8 Å². The number of ether oxygens (including phenoxy) is 4. The van der Waals surface area contributed by atoms with Crippen molar-refractivity contribution in [2.75, 3.05) is 39.6 Å². The van der Waals surface area contributed by atoms with Crippen molar-refractivity contribution < 1.29 is 80.2 Å². The summed E-state index contributed by atoms with van der Waals surface area (Å²) >= 11 is 0. The first-order chi connectivity index (χ1) is 44.9. The predicted molar refractivity (Wildman–Crippen MR) is 377 cm³/mol. The summed E-state index contributed by atoms with van der Waals surface area (Å²) in [5.74, 6) is -0.615. The molecule has 0 aromatic carbocycles. The molecule has 0 aliphatic carbocycles. The minimum absolute atomic E-state index is 0.103. The van der Waals surface area contributed by atoms with Crippen LogP contribution >= 0.6 is 15.6 Å². The van der Waals surface area contributed by atoms with Crippen molar-refractivity contribution in [3.05, 3.63) is 0 Å². The Hall–Kier alpha value is -1.94. The average Bonchev–Trinajstić information content (AvgIpc) is 2.68. The van der Waals surface area contributed by atoms with Gasteiger partial charge in [0.05, 0.1) is 26.4 Å². The van der Waals surface area contributed by atoms with Crippen molar-refractivity contribution in [3.8, 4) is 0 Å². The van der Waals surface area contributed by atoms with E-state index in [-0.39, 0.29) is 25.7 Å². The van der Waals surface area contributed by atoms with Crippen LogP contribution in [0.4, 0.5) is 0 Å². The summed E-state index contributed by atoms with van der Waals surface area (Å²) in [4.78, 5) is 72.5. The lowest BCUT2D eigenvalue weighted by atomic mass is 10.00. The number of aliphatic hydroxyl groups is 1. The molecule has 17 nitrogen and oxygen atoms in total. The zero-order chi connectivity index (χ0) is 68.6. The number of hydrogen-bond acceptors (Lipinski definition) is 15. The van der Waals surface area contributed by atoms with Gasteiger partial charge in [-0.3, -0.25) is 37.3 Å². The lowest BCUT2D eigenvalue weighted by molar-refractivity contribution is -0.161. The fraction of sp³-hybridized carbons (Fsp3) is 0.946. The van der Waals surface area contributed by atoms with E-state index in [2.05, 4.69) is 41.5 Å². The number of unbranched alkanes of at least 4 members (excludes halogenated alkanes) is 42. The molecule has 0 saturated heterocycles. The Kier molecular flexibility index (Phi) is 64.6. The molecule has 3 unspecified atom stereocenters. The van der Waals surface area contributed by atoms with Gasteiger partial charge in [0.25, 0.3) is 0 Å². The van der Waals surface area contributed by atoms with E-state index in [1.165, 1.54) is 186 Å². The van der Waals surface area contributed by atoms with Crippen LogP contribution < -0.4 is 0 Å². The van der Waals surface area contributed by atoms with Crippen LogP contribution in [0.1, 0.15) is 382 Å². The van der Waals surface area contributed by atoms with Crippen LogP contribution in [0.25, 0.3) is 0 Å². The van der Waals surface area contributed by atoms with Crippen LogP contribution in [-0.4, -0.2) is 96.7 Å². The molecule has 0 aromatic rings. The fourth-order valence-electron chi connectivity index (χ4n) is 11.3. The first-order valence-corrected chi connectivity index (χ1v) is 41.5. The highest BCUT2D eigenvalue weighted by molar-refractivity contribution is 7.47. The van der Waals surface area contributed by atoms with Crippen molar-refractivity contribution in [1.82, 2.24) is 0 Å². The van der Waals surface area contributed by atoms with Crippen LogP contribution in [0.5, 0.6) is 0 Å². The van der Waals surface area contributed by atoms with Gasteiger partial charge in [-0.05, 0) is 37.5 Å². The highest BCUT2D eigenvalue weighted by atomic mass is 31.2. The third-order valence-electron chi connectivity index (χ3n) is 17.6. The molecule has 6 atom stereocenters. The van der Waals surface area contributed by atoms with Crippen molar-refractivity contribution in [2.45, 2.75) is 400 Å². The Bertz CT molecular complexity index is 1810. The van der Waals surface area contributed by atoms with Gasteiger partial charge in [-0.1, -0.05) is 330 Å². The quantitative estimate of drug-likeness (QED) is 0.0222. The second-order valence-electron chi connectivity index (χ2n) is 27.4. The lowest BCUT2D eigenvalue weighted by Crippen LogP contribution is -2.30. The molecule has 0 saturated carbocycles. The lowest BCUT2D eigenvalue weighted by Gasteiger charge is -2.21. The number of aliphatic hydroxyl groups excluding tert-OH is 1. The van der Waals surface area contributed by atoms with Gasteiger partial charge in [0.1, 0.15) is 19.3 Å². The number of carbonyl (C=O) groups excluding carboxylic acids is 4. The van der Waals surface area contributed by atoms with Crippen LogP contribution in [0.2, 0.25) is 0 Å². The van der Waals surface area contributed by atoms with Gasteiger partial charge in [0, 0.05) is 25.7 Å². The zero-order valence-corrected chi connectivity index (χ0v) is 62.3. The van der Waals surface area contributed by atoms with Gasteiger partial charge >= 0.3 is 39.5 Å². The zero-order valence-electron chi connectivity index (χ0n) is 60.6. The van der Waals surface area contributed by atoms with Gasteiger partial charge in [-0.2, -0.15) is 0 Å². The Balaban J connectivity index is 5.17. The van der Waals surface area contributed by atoms with E-state index >= 15 is 0 Å². The number of carbonyl (C=O) groups is 4. The molecule has 0 spiro atoms. The van der Waals surface area contributed by atoms with Crippen molar-refractivity contribution in [1.29, 1.82) is 0 Å². The first-order valence-electron chi connectivity index (χ1n) is 38.5. The highest BCUT2D eigenvalue weighted by Gasteiger charge is 2.30. The maximum absolute atomic E-state index is 13.1. The summed E-state index contributed by atoms with van der Waals surface area (Å²) in [5, 5.41) is 10.6. The van der Waals surface area contributed by atoms with Gasteiger partial charge in [0.15, 0.2) is 12.2 Å². The van der Waals surface area contributed by atoms with Crippen LogP contribution in [-0.2, 0) is 65.4 Å². The summed E-state index contributed by atoms with van der Waals surface area (Å²) in [6.07, 6.45) is 53.0. The van der Waals surface area contributed by atoms with Gasteiger partial charge in [-0.15, -0.1) is 0 Å². The molecule has 0 rings (SSSR count). The van der Waals surface area contributed by atoms with Crippen molar-refractivity contribution >= 4 is 39.5 Å². The topological polar surface area (TPSA) is 237 Å². The largest absolute Gasteiger partial charge is 0.472 e. The molecule has 0 amide bonds. The summed E-state index contributed by atoms with van der Waals surface area (Å²) in [6, 6.07) is 0. The number of hydrogen-bond donors (Lipinski definition) is 3. The molecule has 3 N–H and O–H groups in total. The minimum Gasteiger partial charge on any atom is -0.462 e. The first kappa shape index (κ1) is 91.1. The van der Waals surface area contributed by atoms with Crippen LogP contribution in [0, 0.1) is 11.8 Å². The number of esters is 4. The molecule has 0 aromatic heterocycles. The molecule has 552 valence electrons. The maximum Gasteiger partial charge on any atom is 0.472 e. The van der Waals surface area contributed by atoms with Crippen LogP contribution in [0.15, 0.2) is 0 Å². The van der Waals surface area contributed by atoms with E-state index in [0.717, 1.165) is 115 Å². The smallest absolute Gasteiger partial charge is 0.462 e. The van der Waals surface area contributed by atoms with E-state index in [0.29, 0.717) is 25.7 Å². The number of rotatable bonds is 73. The standard InChI is InChI=1S/C74H144O17P2/c1-7-10-12-14-16-17-18-19-20-21-22-23-24-25-28-32-35-39-46-52-58-73(78)90-69(63-85-72(77)57-51-45-38-34-31-29-26-27-30-33-37-42-48-54-66(4)5)64-88-92(80,81)86-60-68(75)61-87-93(82,83)89-65-70(62-84-71(76)56-50-44-36-15-13-11-8-2)91-74(79)59-53-47-41-40-43-49-55-67(6)9-3/h66-70,75H,7-65H2,1-6H3,(H,80,81)(H,82,83)/t67?,68-,69-,70-/m1/s1. The average molecular weight is 1370 g/mol. The SMILES string of the molecule is CCCCCCCCCCCCCCCCCCCCCCC(=O)O[C@H](COC(=O)CCCCCCCCCCCCCCCC(C)C)COP(=O)(O)OC[C@@H](O)COP(=O)(O)OC[C@@H](COC(=O)CCCCCCCCC)OC(=O)CCCCCCCCC(C)CC. The summed E-state index contributed by atoms with van der Waals surface area (Å²) < 4.78 is 68.3. The third kappa shape index (κ3) is 67.0. The Labute approximate surface area is 568 Å². The molecule has 0 bridgehead atoms. The second-order valence-corrected chi connectivity index (χ2v) is 30.3. The van der Waals surface area contributed by atoms with E-state index in [4.69, 9.17) is 37.0 Å². The molecule has 93 heavy (non-hydrogen) atoms. The predicted octanol–water partition coefficient (Wildman–Crippen LogP) is 21.6. The molecular formula is C74H144O17P2. The molecule has 0 aliphatic rings. The Morgan fingerprint density at radius 2 is 0.548 bits per heavy atom. The second kappa shape index (κ2) is 66.0. The Morgan fingerprint density at radius 1 is 0.312 bits per heavy atom. The Morgan fingerprint density at radius 3 is 0.817 bits per heavy atom. The van der Waals surface area contributed by atoms with Crippen LogP contribution in [0.3, 0.4) is 0 Å². The molecule has 19 heteroatoms. The molecule has 0 heterocycles. The monoisotopic (exact) mass is 1370 g/mol. The number of phosphoric acid groups is 2. The molecule has 0 radical (unpaired) electrons. The molecule has 0 aliphatic heterocycles. The normalized spacial score (nSPS) is 14.3. The van der Waals surface area contributed by atoms with E-state index < -0.39 is 97.5 Å². The van der Waals surface area contributed by atoms with E-state index in [9.17, 15) is 43.2 Å². The van der Waals surface area contributed by atoms with Gasteiger partial charge in [-0.25, -0.2) is 9.13 Å². The van der Waals surface area contributed by atoms with Gasteiger partial charge < -0.3 is 33.8 Å². The highest BCUT2D eigenvalue weighted by Crippen LogP contribution is 2.45. The summed E-state index contributed by atoms with van der Waals surface area (Å²) in [6.45, 7) is 9.50. The third-order valence-corrected chi connectivity index (χ3v) is 19.5. The summed E-state index contributed by atoms with van der Waals surface area (Å²) in [7, 11) is -9.90. The fourth-order valence-corrected chi connectivity index (χ4v) is 12.8.